The van der Waals surface area contributed by atoms with Crippen molar-refractivity contribution in [2.75, 3.05) is 10.6 Å². The van der Waals surface area contributed by atoms with Crippen LogP contribution >= 0.6 is 35.4 Å². The number of thiocarbonyl (C=S) groups is 1. The molecule has 0 aliphatic heterocycles. The van der Waals surface area contributed by atoms with Gasteiger partial charge in [0.2, 0.25) is 0 Å². The van der Waals surface area contributed by atoms with E-state index in [1.165, 1.54) is 11.1 Å². The Bertz CT molecular complexity index is 1230. The molecule has 2 N–H and O–H groups in total. The molecule has 2 aromatic heterocycles. The van der Waals surface area contributed by atoms with Crippen molar-refractivity contribution in [1.29, 1.82) is 0 Å². The Kier molecular flexibility index (Phi) is 6.79. The number of benzene rings is 2. The van der Waals surface area contributed by atoms with Gasteiger partial charge in [0.1, 0.15) is 0 Å². The van der Waals surface area contributed by atoms with E-state index >= 15 is 0 Å². The van der Waals surface area contributed by atoms with Crippen molar-refractivity contribution in [3.63, 3.8) is 0 Å². The van der Waals surface area contributed by atoms with Gasteiger partial charge in [-0.3, -0.25) is 9.36 Å². The number of hydrogen-bond donors (Lipinski definition) is 2. The van der Waals surface area contributed by atoms with Crippen LogP contribution in [0.4, 0.5) is 11.5 Å². The normalized spacial score (nSPS) is 10.9. The summed E-state index contributed by atoms with van der Waals surface area (Å²) in [5.41, 5.74) is 5.01. The minimum absolute atomic E-state index is 0.431. The topological polar surface area (TPSA) is 59.7 Å². The summed E-state index contributed by atoms with van der Waals surface area (Å²) in [6.07, 6.45) is 3.66. The summed E-state index contributed by atoms with van der Waals surface area (Å²) < 4.78 is 3.69. The molecule has 0 unspecified atom stereocenters. The molecular weight excluding hydrogens is 463 g/mol. The van der Waals surface area contributed by atoms with Crippen LogP contribution in [-0.4, -0.2) is 24.7 Å². The first-order chi connectivity index (χ1) is 15.4. The second-order valence-corrected chi connectivity index (χ2v) is 8.74. The van der Waals surface area contributed by atoms with Crippen molar-refractivity contribution in [3.8, 4) is 0 Å². The lowest BCUT2D eigenvalue weighted by Gasteiger charge is -2.09. The summed E-state index contributed by atoms with van der Waals surface area (Å²) in [6.45, 7) is 5.20. The number of halogens is 2. The number of aryl methyl sites for hydroxylation is 2. The maximum absolute atomic E-state index is 6.29. The quantitative estimate of drug-likeness (QED) is 0.333. The number of nitrogens with one attached hydrogen (secondary N) is 2. The molecular formula is C23H22Cl2N6S. The number of aromatic nitrogens is 4. The average molecular weight is 485 g/mol. The van der Waals surface area contributed by atoms with Crippen LogP contribution in [0.15, 0.2) is 60.9 Å². The maximum atomic E-state index is 6.29. The van der Waals surface area contributed by atoms with Crippen LogP contribution in [0, 0.1) is 13.8 Å². The Hall–Kier alpha value is -2.87. The molecule has 0 atom stereocenters. The molecule has 2 heterocycles. The van der Waals surface area contributed by atoms with Gasteiger partial charge < -0.3 is 10.6 Å². The molecule has 0 radical (unpaired) electrons. The predicted molar refractivity (Wildman–Crippen MR) is 135 cm³/mol. The van der Waals surface area contributed by atoms with Crippen molar-refractivity contribution >= 4 is 52.0 Å². The molecule has 4 rings (SSSR count). The average Bonchev–Trinajstić information content (AvgIpc) is 3.32. The van der Waals surface area contributed by atoms with Crippen molar-refractivity contribution in [2.45, 2.75) is 26.9 Å². The summed E-state index contributed by atoms with van der Waals surface area (Å²) in [5, 5.41) is 16.9. The lowest BCUT2D eigenvalue weighted by Crippen LogP contribution is -2.19. The Morgan fingerprint density at radius 1 is 1.00 bits per heavy atom. The molecule has 9 heteroatoms. The number of rotatable bonds is 6. The molecule has 2 aromatic carbocycles. The summed E-state index contributed by atoms with van der Waals surface area (Å²) >= 11 is 18.0. The molecule has 164 valence electrons. The molecule has 0 amide bonds. The standard InChI is InChI=1S/C23H22Cl2N6S/c1-15-6-8-17(9-7-15)12-30-13-18(11-26-30)27-23(32)28-22-10-16(2)31(29-22)14-19-20(24)4-3-5-21(19)25/h3-11,13H,12,14H2,1-2H3,(H2,27,28,29,32). The van der Waals surface area contributed by atoms with Gasteiger partial charge in [0.05, 0.1) is 25.0 Å². The van der Waals surface area contributed by atoms with Crippen molar-refractivity contribution in [3.05, 3.63) is 93.4 Å². The molecule has 0 fully saturated rings. The van der Waals surface area contributed by atoms with E-state index in [9.17, 15) is 0 Å². The third kappa shape index (κ3) is 5.48. The van der Waals surface area contributed by atoms with Gasteiger partial charge in [0.25, 0.3) is 0 Å². The van der Waals surface area contributed by atoms with Crippen LogP contribution in [0.5, 0.6) is 0 Å². The first-order valence-electron chi connectivity index (χ1n) is 10.0. The molecule has 0 saturated carbocycles. The van der Waals surface area contributed by atoms with Gasteiger partial charge in [-0.05, 0) is 43.8 Å². The van der Waals surface area contributed by atoms with E-state index in [-0.39, 0.29) is 0 Å². The molecule has 6 nitrogen and oxygen atoms in total. The van der Waals surface area contributed by atoms with Gasteiger partial charge in [-0.15, -0.1) is 0 Å². The number of hydrogen-bond acceptors (Lipinski definition) is 3. The highest BCUT2D eigenvalue weighted by Gasteiger charge is 2.11. The molecule has 4 aromatic rings. The summed E-state index contributed by atoms with van der Waals surface area (Å²) in [7, 11) is 0. The largest absolute Gasteiger partial charge is 0.330 e. The number of nitrogens with zero attached hydrogens (tertiary/aromatic N) is 4. The smallest absolute Gasteiger partial charge is 0.176 e. The van der Waals surface area contributed by atoms with Gasteiger partial charge in [-0.2, -0.15) is 10.2 Å². The maximum Gasteiger partial charge on any atom is 0.176 e. The van der Waals surface area contributed by atoms with Crippen molar-refractivity contribution in [1.82, 2.24) is 19.6 Å². The van der Waals surface area contributed by atoms with E-state index in [1.54, 1.807) is 6.20 Å². The summed E-state index contributed by atoms with van der Waals surface area (Å²) in [6, 6.07) is 15.8. The zero-order valence-corrected chi connectivity index (χ0v) is 20.0. The highest BCUT2D eigenvalue weighted by molar-refractivity contribution is 7.80. The van der Waals surface area contributed by atoms with Crippen LogP contribution in [-0.2, 0) is 13.1 Å². The van der Waals surface area contributed by atoms with E-state index in [0.717, 1.165) is 16.9 Å². The summed E-state index contributed by atoms with van der Waals surface area (Å²) in [5.74, 6) is 0.634. The second kappa shape index (κ2) is 9.73. The Labute approximate surface area is 202 Å². The Morgan fingerprint density at radius 3 is 2.44 bits per heavy atom. The molecule has 32 heavy (non-hydrogen) atoms. The van der Waals surface area contributed by atoms with Gasteiger partial charge in [-0.1, -0.05) is 59.1 Å². The van der Waals surface area contributed by atoms with E-state index in [1.807, 2.05) is 46.7 Å². The van der Waals surface area contributed by atoms with Crippen LogP contribution in [0.1, 0.15) is 22.4 Å². The molecule has 0 saturated heterocycles. The fourth-order valence-electron chi connectivity index (χ4n) is 3.24. The summed E-state index contributed by atoms with van der Waals surface area (Å²) in [4.78, 5) is 0. The highest BCUT2D eigenvalue weighted by Crippen LogP contribution is 2.26. The van der Waals surface area contributed by atoms with E-state index in [4.69, 9.17) is 35.4 Å². The molecule has 0 aliphatic carbocycles. The molecule has 0 aliphatic rings. The van der Waals surface area contributed by atoms with Gasteiger partial charge >= 0.3 is 0 Å². The Balaban J connectivity index is 1.37. The Morgan fingerprint density at radius 2 is 1.72 bits per heavy atom. The third-order valence-corrected chi connectivity index (χ3v) is 5.86. The first-order valence-corrected chi connectivity index (χ1v) is 11.2. The fraction of sp³-hybridized carbons (Fsp3) is 0.174. The van der Waals surface area contributed by atoms with Crippen LogP contribution in [0.3, 0.4) is 0 Å². The first kappa shape index (κ1) is 22.3. The predicted octanol–water partition coefficient (Wildman–Crippen LogP) is 5.91. The zero-order chi connectivity index (χ0) is 22.7. The van der Waals surface area contributed by atoms with Gasteiger partial charge in [0, 0.05) is 33.6 Å². The van der Waals surface area contributed by atoms with Crippen LogP contribution < -0.4 is 10.6 Å². The van der Waals surface area contributed by atoms with Crippen LogP contribution in [0.2, 0.25) is 10.0 Å². The SMILES string of the molecule is Cc1ccc(Cn2cc(NC(=S)Nc3cc(C)n(Cc4c(Cl)cccc4Cl)n3)cn2)cc1. The monoisotopic (exact) mass is 484 g/mol. The molecule has 0 spiro atoms. The van der Waals surface area contributed by atoms with E-state index in [0.29, 0.717) is 34.1 Å². The number of anilines is 2. The molecule has 0 bridgehead atoms. The van der Waals surface area contributed by atoms with Crippen molar-refractivity contribution < 1.29 is 0 Å². The van der Waals surface area contributed by atoms with E-state index < -0.39 is 0 Å². The van der Waals surface area contributed by atoms with Crippen LogP contribution in [0.25, 0.3) is 0 Å². The van der Waals surface area contributed by atoms with E-state index in [2.05, 4.69) is 52.0 Å². The lowest BCUT2D eigenvalue weighted by atomic mass is 10.1. The minimum atomic E-state index is 0.431. The third-order valence-electron chi connectivity index (χ3n) is 4.95. The van der Waals surface area contributed by atoms with Gasteiger partial charge in [0.15, 0.2) is 10.9 Å². The minimum Gasteiger partial charge on any atom is -0.330 e. The lowest BCUT2D eigenvalue weighted by molar-refractivity contribution is 0.668. The van der Waals surface area contributed by atoms with Crippen molar-refractivity contribution in [2.24, 2.45) is 0 Å². The zero-order valence-electron chi connectivity index (χ0n) is 17.6. The fourth-order valence-corrected chi connectivity index (χ4v) is 3.98. The second-order valence-electron chi connectivity index (χ2n) is 7.52. The highest BCUT2D eigenvalue weighted by atomic mass is 35.5. The van der Waals surface area contributed by atoms with Gasteiger partial charge in [-0.25, -0.2) is 0 Å².